The fraction of sp³-hybridized carbons (Fsp3) is 0.214. The molecule has 0 radical (unpaired) electrons. The minimum absolute atomic E-state index is 0.278. The van der Waals surface area contributed by atoms with E-state index < -0.39 is 0 Å². The SMILES string of the molecule is COC(CNC(=O)Nc1ccccc1)c1ccco1. The van der Waals surface area contributed by atoms with Gasteiger partial charge in [-0.1, -0.05) is 18.2 Å². The fourth-order valence-corrected chi connectivity index (χ4v) is 1.66. The zero-order valence-corrected chi connectivity index (χ0v) is 10.6. The van der Waals surface area contributed by atoms with E-state index in [-0.39, 0.29) is 12.1 Å². The van der Waals surface area contributed by atoms with Gasteiger partial charge in [-0.25, -0.2) is 4.79 Å². The van der Waals surface area contributed by atoms with E-state index in [9.17, 15) is 4.79 Å². The molecule has 0 aliphatic heterocycles. The smallest absolute Gasteiger partial charge is 0.319 e. The summed E-state index contributed by atoms with van der Waals surface area (Å²) in [5, 5.41) is 5.47. The average molecular weight is 260 g/mol. The molecule has 0 aliphatic carbocycles. The first-order valence-corrected chi connectivity index (χ1v) is 5.95. The zero-order valence-electron chi connectivity index (χ0n) is 10.6. The number of rotatable bonds is 5. The molecule has 1 unspecified atom stereocenters. The second kappa shape index (κ2) is 6.61. The second-order valence-electron chi connectivity index (χ2n) is 3.94. The average Bonchev–Trinajstić information content (AvgIpc) is 2.95. The first-order chi connectivity index (χ1) is 9.29. The van der Waals surface area contributed by atoms with Crippen LogP contribution in [0.25, 0.3) is 0 Å². The summed E-state index contributed by atoms with van der Waals surface area (Å²) in [6.45, 7) is 0.336. The van der Waals surface area contributed by atoms with Gasteiger partial charge < -0.3 is 19.8 Å². The predicted molar refractivity (Wildman–Crippen MR) is 71.9 cm³/mol. The summed E-state index contributed by atoms with van der Waals surface area (Å²) in [7, 11) is 1.57. The number of carbonyl (C=O) groups is 1. The number of benzene rings is 1. The van der Waals surface area contributed by atoms with Crippen molar-refractivity contribution in [2.75, 3.05) is 19.0 Å². The maximum Gasteiger partial charge on any atom is 0.319 e. The van der Waals surface area contributed by atoms with Gasteiger partial charge in [0.15, 0.2) is 0 Å². The number of hydrogen-bond donors (Lipinski definition) is 2. The molecule has 5 heteroatoms. The number of nitrogens with one attached hydrogen (secondary N) is 2. The van der Waals surface area contributed by atoms with Crippen molar-refractivity contribution in [3.8, 4) is 0 Å². The topological polar surface area (TPSA) is 63.5 Å². The van der Waals surface area contributed by atoms with Crippen LogP contribution in [0.1, 0.15) is 11.9 Å². The van der Waals surface area contributed by atoms with Crippen molar-refractivity contribution in [1.29, 1.82) is 0 Å². The normalized spacial score (nSPS) is 11.8. The van der Waals surface area contributed by atoms with Crippen LogP contribution in [0.15, 0.2) is 53.1 Å². The lowest BCUT2D eigenvalue weighted by molar-refractivity contribution is 0.0855. The van der Waals surface area contributed by atoms with E-state index in [1.807, 2.05) is 36.4 Å². The van der Waals surface area contributed by atoms with Crippen LogP contribution in [-0.4, -0.2) is 19.7 Å². The molecular weight excluding hydrogens is 244 g/mol. The molecule has 5 nitrogen and oxygen atoms in total. The molecular formula is C14H16N2O3. The molecule has 2 aromatic rings. The van der Waals surface area contributed by atoms with Gasteiger partial charge in [0.25, 0.3) is 0 Å². The van der Waals surface area contributed by atoms with E-state index in [2.05, 4.69) is 10.6 Å². The van der Waals surface area contributed by atoms with Crippen LogP contribution in [0.5, 0.6) is 0 Å². The van der Waals surface area contributed by atoms with Crippen molar-refractivity contribution in [3.05, 3.63) is 54.5 Å². The Kier molecular flexibility index (Phi) is 4.58. The van der Waals surface area contributed by atoms with E-state index in [1.165, 1.54) is 0 Å². The lowest BCUT2D eigenvalue weighted by atomic mass is 10.2. The first kappa shape index (κ1) is 13.2. The van der Waals surface area contributed by atoms with Crippen LogP contribution < -0.4 is 10.6 Å². The summed E-state index contributed by atoms with van der Waals surface area (Å²) < 4.78 is 10.5. The number of ether oxygens (including phenoxy) is 1. The van der Waals surface area contributed by atoms with E-state index >= 15 is 0 Å². The highest BCUT2D eigenvalue weighted by atomic mass is 16.5. The molecule has 1 atom stereocenters. The summed E-state index contributed by atoms with van der Waals surface area (Å²) >= 11 is 0. The van der Waals surface area contributed by atoms with Crippen LogP contribution in [0.4, 0.5) is 10.5 Å². The quantitative estimate of drug-likeness (QED) is 0.868. The molecule has 2 N–H and O–H groups in total. The molecule has 1 heterocycles. The zero-order chi connectivity index (χ0) is 13.5. The van der Waals surface area contributed by atoms with E-state index in [0.717, 1.165) is 5.69 Å². The molecule has 1 aromatic carbocycles. The number of anilines is 1. The molecule has 2 rings (SSSR count). The van der Waals surface area contributed by atoms with Crippen molar-refractivity contribution in [2.24, 2.45) is 0 Å². The number of para-hydroxylation sites is 1. The highest BCUT2D eigenvalue weighted by Gasteiger charge is 2.14. The van der Waals surface area contributed by atoms with Crippen LogP contribution in [0, 0.1) is 0 Å². The molecule has 19 heavy (non-hydrogen) atoms. The third kappa shape index (κ3) is 3.86. The Hall–Kier alpha value is -2.27. The van der Waals surface area contributed by atoms with E-state index in [1.54, 1.807) is 19.4 Å². The van der Waals surface area contributed by atoms with Crippen LogP contribution in [-0.2, 0) is 4.74 Å². The van der Waals surface area contributed by atoms with Gasteiger partial charge in [0.2, 0.25) is 0 Å². The third-order valence-electron chi connectivity index (χ3n) is 2.62. The summed E-state index contributed by atoms with van der Waals surface area (Å²) in [4.78, 5) is 11.7. The Morgan fingerprint density at radius 2 is 2.05 bits per heavy atom. The number of amides is 2. The van der Waals surface area contributed by atoms with Gasteiger partial charge >= 0.3 is 6.03 Å². The lowest BCUT2D eigenvalue weighted by Crippen LogP contribution is -2.32. The highest BCUT2D eigenvalue weighted by molar-refractivity contribution is 5.89. The summed E-state index contributed by atoms with van der Waals surface area (Å²) in [6, 6.07) is 12.6. The van der Waals surface area contributed by atoms with Gasteiger partial charge in [-0.3, -0.25) is 0 Å². The van der Waals surface area contributed by atoms with Gasteiger partial charge in [0, 0.05) is 12.8 Å². The molecule has 0 bridgehead atoms. The largest absolute Gasteiger partial charge is 0.467 e. The summed E-state index contributed by atoms with van der Waals surface area (Å²) in [5.41, 5.74) is 0.743. The minimum Gasteiger partial charge on any atom is -0.467 e. The molecule has 0 aliphatic rings. The Balaban J connectivity index is 1.83. The Morgan fingerprint density at radius 3 is 2.68 bits per heavy atom. The van der Waals surface area contributed by atoms with E-state index in [0.29, 0.717) is 12.3 Å². The van der Waals surface area contributed by atoms with Gasteiger partial charge in [-0.2, -0.15) is 0 Å². The van der Waals surface area contributed by atoms with Crippen molar-refractivity contribution in [1.82, 2.24) is 5.32 Å². The highest BCUT2D eigenvalue weighted by Crippen LogP contribution is 2.15. The molecule has 0 saturated carbocycles. The number of carbonyl (C=O) groups excluding carboxylic acids is 1. The van der Waals surface area contributed by atoms with Crippen LogP contribution in [0.3, 0.4) is 0 Å². The van der Waals surface area contributed by atoms with Crippen LogP contribution >= 0.6 is 0 Å². The van der Waals surface area contributed by atoms with Gasteiger partial charge in [0.05, 0.1) is 12.8 Å². The van der Waals surface area contributed by atoms with Crippen LogP contribution in [0.2, 0.25) is 0 Å². The fourth-order valence-electron chi connectivity index (χ4n) is 1.66. The Morgan fingerprint density at radius 1 is 1.26 bits per heavy atom. The van der Waals surface area contributed by atoms with Gasteiger partial charge in [-0.15, -0.1) is 0 Å². The second-order valence-corrected chi connectivity index (χ2v) is 3.94. The molecule has 2 amide bonds. The maximum absolute atomic E-state index is 11.7. The van der Waals surface area contributed by atoms with Crippen molar-refractivity contribution in [2.45, 2.75) is 6.10 Å². The van der Waals surface area contributed by atoms with Crippen molar-refractivity contribution >= 4 is 11.7 Å². The summed E-state index contributed by atoms with van der Waals surface area (Å²) in [5.74, 6) is 0.683. The summed E-state index contributed by atoms with van der Waals surface area (Å²) in [6.07, 6.45) is 1.28. The molecule has 0 saturated heterocycles. The number of urea groups is 1. The molecule has 0 spiro atoms. The molecule has 0 fully saturated rings. The lowest BCUT2D eigenvalue weighted by Gasteiger charge is -2.14. The van der Waals surface area contributed by atoms with E-state index in [4.69, 9.17) is 9.15 Å². The number of methoxy groups -OCH3 is 1. The number of furan rings is 1. The standard InChI is InChI=1S/C14H16N2O3/c1-18-13(12-8-5-9-19-12)10-15-14(17)16-11-6-3-2-4-7-11/h2-9,13H,10H2,1H3,(H2,15,16,17). The number of hydrogen-bond acceptors (Lipinski definition) is 3. The van der Waals surface area contributed by atoms with Gasteiger partial charge in [0.1, 0.15) is 11.9 Å². The molecule has 100 valence electrons. The van der Waals surface area contributed by atoms with Crippen molar-refractivity contribution in [3.63, 3.8) is 0 Å². The minimum atomic E-state index is -0.295. The Bertz CT molecular complexity index is 497. The van der Waals surface area contributed by atoms with Crippen molar-refractivity contribution < 1.29 is 13.9 Å². The Labute approximate surface area is 111 Å². The predicted octanol–water partition coefficient (Wildman–Crippen LogP) is 2.79. The first-order valence-electron chi connectivity index (χ1n) is 5.95. The monoisotopic (exact) mass is 260 g/mol. The maximum atomic E-state index is 11.7. The van der Waals surface area contributed by atoms with Gasteiger partial charge in [-0.05, 0) is 24.3 Å². The third-order valence-corrected chi connectivity index (χ3v) is 2.62. The molecule has 1 aromatic heterocycles.